The highest BCUT2D eigenvalue weighted by molar-refractivity contribution is 7.13. The Kier molecular flexibility index (Phi) is 4.99. The number of carbonyl (C=O) groups is 2. The van der Waals surface area contributed by atoms with E-state index in [1.807, 2.05) is 11.4 Å². The monoisotopic (exact) mass is 389 g/mol. The molecule has 0 aliphatic carbocycles. The quantitative estimate of drug-likeness (QED) is 0.844. The van der Waals surface area contributed by atoms with Gasteiger partial charge in [-0.05, 0) is 11.4 Å². The fourth-order valence-electron chi connectivity index (χ4n) is 2.82. The van der Waals surface area contributed by atoms with Crippen molar-refractivity contribution in [3.8, 4) is 10.7 Å². The molecule has 3 heterocycles. The Morgan fingerprint density at radius 3 is 2.73 bits per heavy atom. The highest BCUT2D eigenvalue weighted by Gasteiger charge is 2.53. The number of hydrogen-bond donors (Lipinski definition) is 1. The van der Waals surface area contributed by atoms with Crippen molar-refractivity contribution < 1.29 is 32.4 Å². The number of nitrogens with zero attached hydrogens (tertiary/aromatic N) is 3. The largest absolute Gasteiger partial charge is 0.481 e. The van der Waals surface area contributed by atoms with E-state index in [2.05, 4.69) is 10.1 Å². The SMILES string of the molecule is O=C(O)[C@@H]1CN(C(=O)CCc2nc(-c3cccs3)no2)C[C@H]1C(F)(F)F. The van der Waals surface area contributed by atoms with Crippen molar-refractivity contribution in [3.63, 3.8) is 0 Å². The number of aryl methyl sites for hydroxylation is 1. The molecule has 2 aromatic rings. The third-order valence-corrected chi connectivity index (χ3v) is 5.04. The van der Waals surface area contributed by atoms with E-state index in [9.17, 15) is 22.8 Å². The number of halogens is 3. The zero-order valence-electron chi connectivity index (χ0n) is 13.3. The smallest absolute Gasteiger partial charge is 0.394 e. The Morgan fingerprint density at radius 2 is 2.15 bits per heavy atom. The molecule has 2 aromatic heterocycles. The third-order valence-electron chi connectivity index (χ3n) is 4.17. The van der Waals surface area contributed by atoms with E-state index < -0.39 is 43.0 Å². The summed E-state index contributed by atoms with van der Waals surface area (Å²) in [5.74, 6) is -5.25. The third kappa shape index (κ3) is 3.87. The van der Waals surface area contributed by atoms with E-state index in [4.69, 9.17) is 9.63 Å². The molecule has 0 aromatic carbocycles. The van der Waals surface area contributed by atoms with Crippen LogP contribution in [0.2, 0.25) is 0 Å². The molecular formula is C15H14F3N3O4S. The molecular weight excluding hydrogens is 375 g/mol. The molecule has 1 saturated heterocycles. The van der Waals surface area contributed by atoms with Crippen molar-refractivity contribution in [1.82, 2.24) is 15.0 Å². The van der Waals surface area contributed by atoms with Gasteiger partial charge in [-0.1, -0.05) is 11.2 Å². The summed E-state index contributed by atoms with van der Waals surface area (Å²) in [5, 5.41) is 14.6. The van der Waals surface area contributed by atoms with Gasteiger partial charge in [0.15, 0.2) is 0 Å². The first-order valence-corrected chi connectivity index (χ1v) is 8.57. The van der Waals surface area contributed by atoms with Crippen LogP contribution in [-0.2, 0) is 16.0 Å². The van der Waals surface area contributed by atoms with Crippen molar-refractivity contribution in [2.75, 3.05) is 13.1 Å². The Balaban J connectivity index is 1.59. The lowest BCUT2D eigenvalue weighted by Gasteiger charge is -2.18. The molecule has 0 saturated carbocycles. The Bertz CT molecular complexity index is 790. The van der Waals surface area contributed by atoms with Crippen LogP contribution >= 0.6 is 11.3 Å². The zero-order valence-corrected chi connectivity index (χ0v) is 14.1. The lowest BCUT2D eigenvalue weighted by atomic mass is 9.96. The lowest BCUT2D eigenvalue weighted by molar-refractivity contribution is -0.188. The van der Waals surface area contributed by atoms with Gasteiger partial charge in [0.1, 0.15) is 0 Å². The highest BCUT2D eigenvalue weighted by Crippen LogP contribution is 2.38. The van der Waals surface area contributed by atoms with Crippen molar-refractivity contribution in [1.29, 1.82) is 0 Å². The number of aliphatic carboxylic acids is 1. The predicted octanol–water partition coefficient (Wildman–Crippen LogP) is 2.45. The van der Waals surface area contributed by atoms with E-state index >= 15 is 0 Å². The molecule has 1 amide bonds. The fraction of sp³-hybridized carbons (Fsp3) is 0.467. The van der Waals surface area contributed by atoms with Crippen LogP contribution in [0.3, 0.4) is 0 Å². The minimum Gasteiger partial charge on any atom is -0.481 e. The minimum atomic E-state index is -4.67. The number of aromatic nitrogens is 2. The van der Waals surface area contributed by atoms with E-state index in [0.29, 0.717) is 5.82 Å². The summed E-state index contributed by atoms with van der Waals surface area (Å²) >= 11 is 1.42. The molecule has 0 spiro atoms. The lowest BCUT2D eigenvalue weighted by Crippen LogP contribution is -2.34. The summed E-state index contributed by atoms with van der Waals surface area (Å²) in [4.78, 5) is 29.1. The summed E-state index contributed by atoms with van der Waals surface area (Å²) in [6.45, 7) is -1.10. The second kappa shape index (κ2) is 7.06. The zero-order chi connectivity index (χ0) is 18.9. The van der Waals surface area contributed by atoms with E-state index in [0.717, 1.165) is 9.78 Å². The van der Waals surface area contributed by atoms with Gasteiger partial charge >= 0.3 is 12.1 Å². The molecule has 140 valence electrons. The molecule has 26 heavy (non-hydrogen) atoms. The van der Waals surface area contributed by atoms with Gasteiger partial charge in [-0.3, -0.25) is 9.59 Å². The fourth-order valence-corrected chi connectivity index (χ4v) is 3.47. The van der Waals surface area contributed by atoms with Crippen LogP contribution in [0.5, 0.6) is 0 Å². The van der Waals surface area contributed by atoms with Gasteiger partial charge in [-0.2, -0.15) is 18.2 Å². The molecule has 0 bridgehead atoms. The number of alkyl halides is 3. The number of rotatable bonds is 5. The topological polar surface area (TPSA) is 96.5 Å². The van der Waals surface area contributed by atoms with Crippen molar-refractivity contribution >= 4 is 23.2 Å². The second-order valence-corrected chi connectivity index (χ2v) is 6.83. The summed E-state index contributed by atoms with van der Waals surface area (Å²) in [6, 6.07) is 3.63. The summed E-state index contributed by atoms with van der Waals surface area (Å²) < 4.78 is 43.9. The van der Waals surface area contributed by atoms with Crippen LogP contribution in [0.15, 0.2) is 22.0 Å². The maximum atomic E-state index is 13.0. The van der Waals surface area contributed by atoms with Gasteiger partial charge in [-0.25, -0.2) is 0 Å². The Morgan fingerprint density at radius 1 is 1.38 bits per heavy atom. The van der Waals surface area contributed by atoms with Crippen LogP contribution in [0.4, 0.5) is 13.2 Å². The van der Waals surface area contributed by atoms with E-state index in [1.165, 1.54) is 11.3 Å². The number of amides is 1. The molecule has 1 aliphatic heterocycles. The van der Waals surface area contributed by atoms with Gasteiger partial charge in [0.05, 0.1) is 16.7 Å². The Hall–Kier alpha value is -2.43. The molecule has 3 rings (SSSR count). The molecule has 0 unspecified atom stereocenters. The van der Waals surface area contributed by atoms with Crippen molar-refractivity contribution in [3.05, 3.63) is 23.4 Å². The summed E-state index contributed by atoms with van der Waals surface area (Å²) in [6.07, 6.45) is -4.73. The normalized spacial score (nSPS) is 20.5. The maximum absolute atomic E-state index is 13.0. The second-order valence-electron chi connectivity index (χ2n) is 5.88. The van der Waals surface area contributed by atoms with Gasteiger partial charge < -0.3 is 14.5 Å². The molecule has 11 heteroatoms. The standard InChI is InChI=1S/C15H14F3N3O4S/c16-15(17,18)9-7-21(6-8(9)14(23)24)12(22)4-3-11-19-13(20-25-11)10-2-1-5-26-10/h1-2,5,8-9H,3-4,6-7H2,(H,23,24)/t8-,9-/m1/s1. The summed E-state index contributed by atoms with van der Waals surface area (Å²) in [7, 11) is 0. The van der Waals surface area contributed by atoms with Gasteiger partial charge in [0.2, 0.25) is 17.6 Å². The average Bonchev–Trinajstić information content (AvgIpc) is 3.30. The molecule has 1 aliphatic rings. The number of thiophene rings is 1. The first kappa shape index (κ1) is 18.4. The van der Waals surface area contributed by atoms with Crippen LogP contribution in [0, 0.1) is 11.8 Å². The van der Waals surface area contributed by atoms with E-state index in [-0.39, 0.29) is 18.7 Å². The molecule has 1 N–H and O–H groups in total. The highest BCUT2D eigenvalue weighted by atomic mass is 32.1. The van der Waals surface area contributed by atoms with Gasteiger partial charge in [0, 0.05) is 25.9 Å². The minimum absolute atomic E-state index is 0.0716. The number of carboxylic acids is 1. The summed E-state index contributed by atoms with van der Waals surface area (Å²) in [5.41, 5.74) is 0. The van der Waals surface area contributed by atoms with Gasteiger partial charge in [-0.15, -0.1) is 11.3 Å². The number of hydrogen-bond acceptors (Lipinski definition) is 6. The first-order valence-electron chi connectivity index (χ1n) is 7.69. The first-order chi connectivity index (χ1) is 12.3. The van der Waals surface area contributed by atoms with Crippen molar-refractivity contribution in [2.24, 2.45) is 11.8 Å². The molecule has 7 nitrogen and oxygen atoms in total. The average molecular weight is 389 g/mol. The number of likely N-dealkylation sites (tertiary alicyclic amines) is 1. The predicted molar refractivity (Wildman–Crippen MR) is 83.2 cm³/mol. The van der Waals surface area contributed by atoms with Crippen LogP contribution < -0.4 is 0 Å². The molecule has 0 radical (unpaired) electrons. The number of carboxylic acid groups (broad SMARTS) is 1. The van der Waals surface area contributed by atoms with Crippen molar-refractivity contribution in [2.45, 2.75) is 19.0 Å². The maximum Gasteiger partial charge on any atom is 0.394 e. The van der Waals surface area contributed by atoms with Crippen LogP contribution in [0.1, 0.15) is 12.3 Å². The molecule has 2 atom stereocenters. The molecule has 1 fully saturated rings. The van der Waals surface area contributed by atoms with Crippen LogP contribution in [-0.4, -0.2) is 51.3 Å². The van der Waals surface area contributed by atoms with Gasteiger partial charge in [0.25, 0.3) is 0 Å². The Labute approximate surface area is 149 Å². The van der Waals surface area contributed by atoms with Crippen LogP contribution in [0.25, 0.3) is 10.7 Å². The van der Waals surface area contributed by atoms with E-state index in [1.54, 1.807) is 6.07 Å². The number of carbonyl (C=O) groups excluding carboxylic acids is 1.